The molecule has 0 aromatic carbocycles. The van der Waals surface area contributed by atoms with E-state index in [1.54, 1.807) is 0 Å². The summed E-state index contributed by atoms with van der Waals surface area (Å²) >= 11 is 0. The average molecular weight is 190 g/mol. The molecule has 0 aliphatic rings. The summed E-state index contributed by atoms with van der Waals surface area (Å²) in [5.74, 6) is 0.581. The number of nitrogens with one attached hydrogen (secondary N) is 1. The Kier molecular flexibility index (Phi) is 2.25. The fraction of sp³-hybridized carbons (Fsp3) is 0.333. The van der Waals surface area contributed by atoms with Crippen LogP contribution in [0, 0.1) is 12.3 Å². The van der Waals surface area contributed by atoms with E-state index in [0.29, 0.717) is 0 Å². The third-order valence-electron chi connectivity index (χ3n) is 1.23. The van der Waals surface area contributed by atoms with Gasteiger partial charge in [0.15, 0.2) is 5.82 Å². The van der Waals surface area contributed by atoms with Gasteiger partial charge in [0, 0.05) is 0 Å². The van der Waals surface area contributed by atoms with Gasteiger partial charge in [-0.2, -0.15) is 13.2 Å². The van der Waals surface area contributed by atoms with E-state index in [1.807, 2.05) is 11.0 Å². The lowest BCUT2D eigenvalue weighted by molar-refractivity contribution is -0.144. The first kappa shape index (κ1) is 9.54. The molecule has 0 saturated carbocycles. The molecule has 1 aromatic rings. The van der Waals surface area contributed by atoms with Gasteiger partial charge >= 0.3 is 6.18 Å². The van der Waals surface area contributed by atoms with Gasteiger partial charge in [-0.1, -0.05) is 5.92 Å². The second kappa shape index (κ2) is 3.06. The number of nitrogens with zero attached hydrogens (tertiary/aromatic N) is 2. The number of terminal acetylenes is 1. The zero-order chi connectivity index (χ0) is 10.1. The van der Waals surface area contributed by atoms with Crippen LogP contribution in [0.4, 0.5) is 13.2 Å². The molecule has 3 N–H and O–H groups in total. The Bertz CT molecular complexity index is 334. The minimum atomic E-state index is -4.58. The molecule has 0 amide bonds. The van der Waals surface area contributed by atoms with Gasteiger partial charge in [0.1, 0.15) is 6.04 Å². The second-order valence-corrected chi connectivity index (χ2v) is 2.19. The summed E-state index contributed by atoms with van der Waals surface area (Å²) in [6, 6.07) is -0.997. The van der Waals surface area contributed by atoms with Gasteiger partial charge in [-0.3, -0.25) is 5.10 Å². The number of halogens is 3. The van der Waals surface area contributed by atoms with Gasteiger partial charge in [0.2, 0.25) is 0 Å². The normalized spacial score (nSPS) is 13.8. The smallest absolute Gasteiger partial charge is 0.311 e. The number of H-pyrrole nitrogens is 1. The van der Waals surface area contributed by atoms with Gasteiger partial charge in [0.05, 0.1) is 0 Å². The van der Waals surface area contributed by atoms with E-state index in [1.165, 1.54) is 0 Å². The van der Waals surface area contributed by atoms with Crippen LogP contribution in [0.15, 0.2) is 0 Å². The summed E-state index contributed by atoms with van der Waals surface area (Å²) in [6.45, 7) is 0. The Hall–Kier alpha value is -1.55. The average Bonchev–Trinajstić information content (AvgIpc) is 2.50. The van der Waals surface area contributed by atoms with Crippen molar-refractivity contribution in [2.45, 2.75) is 12.2 Å². The van der Waals surface area contributed by atoms with Gasteiger partial charge in [-0.15, -0.1) is 11.5 Å². The van der Waals surface area contributed by atoms with E-state index in [2.05, 4.69) is 10.1 Å². The lowest BCUT2D eigenvalue weighted by Crippen LogP contribution is -2.11. The fourth-order valence-corrected chi connectivity index (χ4v) is 0.619. The summed E-state index contributed by atoms with van der Waals surface area (Å²) in [4.78, 5) is 3.09. The maximum atomic E-state index is 11.9. The Balaban J connectivity index is 2.95. The summed E-state index contributed by atoms with van der Waals surface area (Å²) in [5.41, 5.74) is 5.21. The molecule has 13 heavy (non-hydrogen) atoms. The third kappa shape index (κ3) is 1.97. The standard InChI is InChI=1S/C6H5F3N4/c1-2-3(10)4-11-5(13-12-4)6(7,8)9/h1,3H,10H2,(H,11,12,13)/t3-/m0/s1. The summed E-state index contributed by atoms with van der Waals surface area (Å²) in [7, 11) is 0. The van der Waals surface area contributed by atoms with Crippen molar-refractivity contribution in [1.82, 2.24) is 15.2 Å². The number of alkyl halides is 3. The Morgan fingerprint density at radius 1 is 1.54 bits per heavy atom. The molecule has 1 rings (SSSR count). The van der Waals surface area contributed by atoms with Crippen LogP contribution in [0.25, 0.3) is 0 Å². The minimum absolute atomic E-state index is 0.171. The van der Waals surface area contributed by atoms with Gasteiger partial charge in [-0.05, 0) is 0 Å². The van der Waals surface area contributed by atoms with Gasteiger partial charge in [-0.25, -0.2) is 4.98 Å². The van der Waals surface area contributed by atoms with Crippen molar-refractivity contribution in [3.05, 3.63) is 11.6 Å². The van der Waals surface area contributed by atoms with Crippen LogP contribution < -0.4 is 5.73 Å². The number of aromatic amines is 1. The molecule has 0 saturated heterocycles. The Morgan fingerprint density at radius 2 is 2.15 bits per heavy atom. The number of aromatic nitrogens is 3. The molecule has 0 fully saturated rings. The third-order valence-corrected chi connectivity index (χ3v) is 1.23. The highest BCUT2D eigenvalue weighted by Crippen LogP contribution is 2.25. The van der Waals surface area contributed by atoms with Crippen molar-refractivity contribution in [1.29, 1.82) is 0 Å². The molecule has 0 radical (unpaired) electrons. The lowest BCUT2D eigenvalue weighted by Gasteiger charge is -1.98. The summed E-state index contributed by atoms with van der Waals surface area (Å²) in [6.07, 6.45) is 0.298. The predicted molar refractivity (Wildman–Crippen MR) is 37.1 cm³/mol. The van der Waals surface area contributed by atoms with E-state index in [9.17, 15) is 13.2 Å². The molecule has 0 aliphatic carbocycles. The van der Waals surface area contributed by atoms with E-state index < -0.39 is 18.0 Å². The highest BCUT2D eigenvalue weighted by molar-refractivity contribution is 5.10. The van der Waals surface area contributed by atoms with Gasteiger partial charge < -0.3 is 5.73 Å². The van der Waals surface area contributed by atoms with Crippen molar-refractivity contribution in [3.8, 4) is 12.3 Å². The maximum absolute atomic E-state index is 11.9. The molecule has 4 nitrogen and oxygen atoms in total. The number of hydrogen-bond donors (Lipinski definition) is 2. The molecule has 7 heteroatoms. The van der Waals surface area contributed by atoms with E-state index >= 15 is 0 Å². The largest absolute Gasteiger partial charge is 0.453 e. The second-order valence-electron chi connectivity index (χ2n) is 2.19. The van der Waals surface area contributed by atoms with Crippen LogP contribution in [0.1, 0.15) is 17.7 Å². The van der Waals surface area contributed by atoms with Crippen molar-refractivity contribution in [2.24, 2.45) is 5.73 Å². The molecule has 0 spiro atoms. The number of rotatable bonds is 1. The van der Waals surface area contributed by atoms with Crippen LogP contribution in [-0.4, -0.2) is 15.2 Å². The summed E-state index contributed by atoms with van der Waals surface area (Å²) in [5, 5.41) is 4.93. The lowest BCUT2D eigenvalue weighted by atomic mass is 10.3. The van der Waals surface area contributed by atoms with E-state index in [4.69, 9.17) is 12.2 Å². The van der Waals surface area contributed by atoms with Crippen molar-refractivity contribution in [3.63, 3.8) is 0 Å². The fourth-order valence-electron chi connectivity index (χ4n) is 0.619. The first-order valence-corrected chi connectivity index (χ1v) is 3.16. The highest BCUT2D eigenvalue weighted by atomic mass is 19.4. The van der Waals surface area contributed by atoms with E-state index in [0.717, 1.165) is 0 Å². The molecular formula is C6H5F3N4. The predicted octanol–water partition coefficient (Wildman–Crippen LogP) is 0.457. The summed E-state index contributed by atoms with van der Waals surface area (Å²) < 4.78 is 35.8. The number of hydrogen-bond acceptors (Lipinski definition) is 3. The Labute approximate surface area is 71.3 Å². The monoisotopic (exact) mass is 190 g/mol. The Morgan fingerprint density at radius 3 is 2.54 bits per heavy atom. The molecule has 1 aromatic heterocycles. The van der Waals surface area contributed by atoms with E-state index in [-0.39, 0.29) is 5.82 Å². The molecule has 0 aliphatic heterocycles. The SMILES string of the molecule is C#C[C@H](N)c1nc(C(F)(F)F)n[nH]1. The quantitative estimate of drug-likeness (QED) is 0.632. The van der Waals surface area contributed by atoms with Crippen LogP contribution in [0.3, 0.4) is 0 Å². The van der Waals surface area contributed by atoms with Crippen LogP contribution in [0.2, 0.25) is 0 Å². The molecule has 70 valence electrons. The van der Waals surface area contributed by atoms with Gasteiger partial charge in [0.25, 0.3) is 5.82 Å². The van der Waals surface area contributed by atoms with Crippen LogP contribution >= 0.6 is 0 Å². The van der Waals surface area contributed by atoms with Crippen LogP contribution in [0.5, 0.6) is 0 Å². The molecule has 0 unspecified atom stereocenters. The maximum Gasteiger partial charge on any atom is 0.453 e. The zero-order valence-corrected chi connectivity index (χ0v) is 6.26. The first-order valence-electron chi connectivity index (χ1n) is 3.16. The molecule has 1 atom stereocenters. The number of nitrogens with two attached hydrogens (primary N) is 1. The van der Waals surface area contributed by atoms with Crippen molar-refractivity contribution in [2.75, 3.05) is 0 Å². The highest BCUT2D eigenvalue weighted by Gasteiger charge is 2.36. The topological polar surface area (TPSA) is 67.6 Å². The van der Waals surface area contributed by atoms with Crippen molar-refractivity contribution >= 4 is 0 Å². The van der Waals surface area contributed by atoms with Crippen LogP contribution in [-0.2, 0) is 6.18 Å². The first-order chi connectivity index (χ1) is 5.95. The zero-order valence-electron chi connectivity index (χ0n) is 6.26. The van der Waals surface area contributed by atoms with Crippen molar-refractivity contribution < 1.29 is 13.2 Å². The minimum Gasteiger partial charge on any atom is -0.311 e. The molecular weight excluding hydrogens is 185 g/mol. The molecule has 1 heterocycles. The molecule has 0 bridgehead atoms.